The molecule has 0 saturated heterocycles. The zero-order valence-corrected chi connectivity index (χ0v) is 10.8. The van der Waals surface area contributed by atoms with Gasteiger partial charge in [-0.05, 0) is 13.8 Å². The Morgan fingerprint density at radius 3 is 2.61 bits per heavy atom. The van der Waals surface area contributed by atoms with E-state index in [1.54, 1.807) is 18.3 Å². The van der Waals surface area contributed by atoms with Crippen molar-refractivity contribution in [3.05, 3.63) is 33.2 Å². The van der Waals surface area contributed by atoms with Crippen LogP contribution in [-0.4, -0.2) is 26.0 Å². The number of nitrogen functional groups attached to an aromatic ring is 1. The van der Waals surface area contributed by atoms with Crippen molar-refractivity contribution in [1.82, 2.24) is 15.0 Å². The minimum Gasteiger partial charge on any atom is -0.477 e. The molecule has 6 nitrogen and oxygen atoms in total. The molecule has 0 amide bonds. The average Bonchev–Trinajstić information content (AvgIpc) is 2.62. The van der Waals surface area contributed by atoms with Crippen LogP contribution in [0, 0.1) is 13.8 Å². The Kier molecular flexibility index (Phi) is 3.24. The Bertz CT molecular complexity index is 586. The topological polar surface area (TPSA) is 102 Å². The van der Waals surface area contributed by atoms with Crippen LogP contribution in [0.2, 0.25) is 0 Å². The molecule has 0 aliphatic rings. The Balaban J connectivity index is 2.33. The molecule has 0 fully saturated rings. The number of nitrogens with zero attached hydrogens (tertiary/aromatic N) is 3. The fourth-order valence-electron chi connectivity index (χ4n) is 1.65. The summed E-state index contributed by atoms with van der Waals surface area (Å²) in [5.41, 5.74) is 6.83. The van der Waals surface area contributed by atoms with Crippen LogP contribution in [0.5, 0.6) is 0 Å². The van der Waals surface area contributed by atoms with Crippen molar-refractivity contribution >= 4 is 23.1 Å². The Morgan fingerprint density at radius 2 is 2.11 bits per heavy atom. The fraction of sp³-hybridized carbons (Fsp3) is 0.273. The molecule has 94 valence electrons. The van der Waals surface area contributed by atoms with Crippen molar-refractivity contribution < 1.29 is 9.90 Å². The predicted octanol–water partition coefficient (Wildman–Crippen LogP) is 1.42. The molecule has 18 heavy (non-hydrogen) atoms. The monoisotopic (exact) mass is 264 g/mol. The van der Waals surface area contributed by atoms with Crippen molar-refractivity contribution in [2.24, 2.45) is 0 Å². The molecule has 0 spiro atoms. The van der Waals surface area contributed by atoms with Crippen LogP contribution in [0.1, 0.15) is 32.6 Å². The number of hydrogen-bond donors (Lipinski definition) is 2. The summed E-state index contributed by atoms with van der Waals surface area (Å²) in [7, 11) is 0. The highest BCUT2D eigenvalue weighted by Crippen LogP contribution is 2.16. The van der Waals surface area contributed by atoms with E-state index in [2.05, 4.69) is 15.0 Å². The van der Waals surface area contributed by atoms with Gasteiger partial charge < -0.3 is 10.8 Å². The van der Waals surface area contributed by atoms with Gasteiger partial charge in [0.05, 0.1) is 22.8 Å². The lowest BCUT2D eigenvalue weighted by Crippen LogP contribution is -2.12. The smallest absolute Gasteiger partial charge is 0.341 e. The molecule has 3 N–H and O–H groups in total. The van der Waals surface area contributed by atoms with Crippen LogP contribution >= 0.6 is 11.3 Å². The highest BCUT2D eigenvalue weighted by Gasteiger charge is 2.16. The van der Waals surface area contributed by atoms with Crippen LogP contribution < -0.4 is 5.73 Å². The predicted molar refractivity (Wildman–Crippen MR) is 67.8 cm³/mol. The fourth-order valence-corrected chi connectivity index (χ4v) is 2.26. The number of carbonyl (C=O) groups is 1. The van der Waals surface area contributed by atoms with E-state index in [-0.39, 0.29) is 11.4 Å². The number of hydrogen-bond acceptors (Lipinski definition) is 6. The second-order valence-corrected chi connectivity index (χ2v) is 4.89. The van der Waals surface area contributed by atoms with Gasteiger partial charge in [0.15, 0.2) is 0 Å². The number of anilines is 1. The quantitative estimate of drug-likeness (QED) is 0.869. The second-order valence-electron chi connectivity index (χ2n) is 3.83. The van der Waals surface area contributed by atoms with Crippen molar-refractivity contribution in [2.75, 3.05) is 5.73 Å². The van der Waals surface area contributed by atoms with Crippen molar-refractivity contribution in [3.63, 3.8) is 0 Å². The SMILES string of the molecule is Cc1nc(Cc2nc(C)c(C(=O)O)c(N)n2)cs1. The molecule has 2 aromatic rings. The van der Waals surface area contributed by atoms with Crippen LogP contribution in [-0.2, 0) is 6.42 Å². The minimum absolute atomic E-state index is 0.00282. The van der Waals surface area contributed by atoms with Crippen molar-refractivity contribution in [1.29, 1.82) is 0 Å². The molecule has 7 heteroatoms. The maximum absolute atomic E-state index is 10.9. The number of rotatable bonds is 3. The first-order chi connectivity index (χ1) is 8.47. The normalized spacial score (nSPS) is 10.6. The van der Waals surface area contributed by atoms with Gasteiger partial charge in [-0.2, -0.15) is 0 Å². The summed E-state index contributed by atoms with van der Waals surface area (Å²) >= 11 is 1.55. The first-order valence-electron chi connectivity index (χ1n) is 5.24. The maximum atomic E-state index is 10.9. The van der Waals surface area contributed by atoms with E-state index < -0.39 is 5.97 Å². The van der Waals surface area contributed by atoms with E-state index in [1.165, 1.54) is 0 Å². The van der Waals surface area contributed by atoms with Crippen molar-refractivity contribution in [2.45, 2.75) is 20.3 Å². The van der Waals surface area contributed by atoms with Crippen LogP contribution in [0.4, 0.5) is 5.82 Å². The summed E-state index contributed by atoms with van der Waals surface area (Å²) in [4.78, 5) is 23.4. The van der Waals surface area contributed by atoms with E-state index in [4.69, 9.17) is 10.8 Å². The van der Waals surface area contributed by atoms with Gasteiger partial charge in [-0.25, -0.2) is 19.7 Å². The number of thiazole rings is 1. The third kappa shape index (κ3) is 2.45. The number of aryl methyl sites for hydroxylation is 2. The molecule has 0 aromatic carbocycles. The summed E-state index contributed by atoms with van der Waals surface area (Å²) in [6.45, 7) is 3.53. The van der Waals surface area contributed by atoms with Crippen LogP contribution in [0.25, 0.3) is 0 Å². The van der Waals surface area contributed by atoms with Gasteiger partial charge in [-0.3, -0.25) is 0 Å². The highest BCUT2D eigenvalue weighted by atomic mass is 32.1. The van der Waals surface area contributed by atoms with Crippen LogP contribution in [0.15, 0.2) is 5.38 Å². The number of nitrogens with two attached hydrogens (primary N) is 1. The van der Waals surface area contributed by atoms with Gasteiger partial charge in [-0.15, -0.1) is 11.3 Å². The molecule has 2 heterocycles. The van der Waals surface area contributed by atoms with Crippen molar-refractivity contribution in [3.8, 4) is 0 Å². The zero-order valence-electron chi connectivity index (χ0n) is 9.97. The van der Waals surface area contributed by atoms with Crippen LogP contribution in [0.3, 0.4) is 0 Å². The van der Waals surface area contributed by atoms with Gasteiger partial charge in [-0.1, -0.05) is 0 Å². The molecule has 0 unspecified atom stereocenters. The zero-order chi connectivity index (χ0) is 13.3. The average molecular weight is 264 g/mol. The number of carboxylic acid groups (broad SMARTS) is 1. The van der Waals surface area contributed by atoms with Gasteiger partial charge in [0, 0.05) is 5.38 Å². The molecular weight excluding hydrogens is 252 g/mol. The summed E-state index contributed by atoms with van der Waals surface area (Å²) in [6, 6.07) is 0. The summed E-state index contributed by atoms with van der Waals surface area (Å²) in [6.07, 6.45) is 0.454. The van der Waals surface area contributed by atoms with E-state index in [1.807, 2.05) is 12.3 Å². The largest absolute Gasteiger partial charge is 0.477 e. The first kappa shape index (κ1) is 12.4. The highest BCUT2D eigenvalue weighted by molar-refractivity contribution is 7.09. The molecule has 0 bridgehead atoms. The summed E-state index contributed by atoms with van der Waals surface area (Å²) in [5.74, 6) is -0.627. The Morgan fingerprint density at radius 1 is 1.39 bits per heavy atom. The summed E-state index contributed by atoms with van der Waals surface area (Å²) < 4.78 is 0. The van der Waals surface area contributed by atoms with E-state index in [9.17, 15) is 4.79 Å². The molecule has 2 aromatic heterocycles. The third-order valence-electron chi connectivity index (χ3n) is 2.38. The van der Waals surface area contributed by atoms with Gasteiger partial charge >= 0.3 is 5.97 Å². The molecule has 0 radical (unpaired) electrons. The third-order valence-corrected chi connectivity index (χ3v) is 3.21. The molecular formula is C11H12N4O2S. The second kappa shape index (κ2) is 4.69. The molecule has 0 aliphatic heterocycles. The van der Waals surface area contributed by atoms with E-state index >= 15 is 0 Å². The Labute approximate surface area is 108 Å². The van der Waals surface area contributed by atoms with Gasteiger partial charge in [0.2, 0.25) is 0 Å². The summed E-state index contributed by atoms with van der Waals surface area (Å²) in [5, 5.41) is 11.9. The molecule has 0 aliphatic carbocycles. The Hall–Kier alpha value is -2.02. The standard InChI is InChI=1S/C11H12N4O2S/c1-5-9(11(16)17)10(12)15-8(13-5)3-7-4-18-6(2)14-7/h4H,3H2,1-2H3,(H,16,17)(H2,12,13,15). The minimum atomic E-state index is -1.11. The lowest BCUT2D eigenvalue weighted by Gasteiger charge is -2.06. The van der Waals surface area contributed by atoms with E-state index in [0.717, 1.165) is 10.7 Å². The molecule has 0 saturated carbocycles. The molecule has 2 rings (SSSR count). The maximum Gasteiger partial charge on any atom is 0.341 e. The number of carboxylic acids is 1. The first-order valence-corrected chi connectivity index (χ1v) is 6.12. The lowest BCUT2D eigenvalue weighted by molar-refractivity contribution is 0.0696. The lowest BCUT2D eigenvalue weighted by atomic mass is 10.2. The number of aromatic carboxylic acids is 1. The van der Waals surface area contributed by atoms with E-state index in [0.29, 0.717) is 17.9 Å². The number of aromatic nitrogens is 3. The molecule has 0 atom stereocenters. The van der Waals surface area contributed by atoms with Gasteiger partial charge in [0.25, 0.3) is 0 Å². The van der Waals surface area contributed by atoms with Gasteiger partial charge in [0.1, 0.15) is 17.2 Å².